The lowest BCUT2D eigenvalue weighted by Crippen LogP contribution is -2.35. The van der Waals surface area contributed by atoms with E-state index in [1.54, 1.807) is 12.4 Å². The maximum Gasteiger partial charge on any atom is 0.172 e. The summed E-state index contributed by atoms with van der Waals surface area (Å²) in [6.07, 6.45) is 3.54. The second-order valence-corrected chi connectivity index (χ2v) is 6.18. The molecule has 0 saturated heterocycles. The van der Waals surface area contributed by atoms with Crippen LogP contribution in [0.3, 0.4) is 0 Å². The van der Waals surface area contributed by atoms with Crippen molar-refractivity contribution in [3.8, 4) is 5.82 Å². The molecule has 0 fully saturated rings. The van der Waals surface area contributed by atoms with Crippen LogP contribution >= 0.6 is 0 Å². The Kier molecular flexibility index (Phi) is 3.90. The van der Waals surface area contributed by atoms with Gasteiger partial charge in [0.1, 0.15) is 0 Å². The third-order valence-corrected chi connectivity index (χ3v) is 3.34. The van der Waals surface area contributed by atoms with Gasteiger partial charge in [0.05, 0.1) is 17.6 Å². The van der Waals surface area contributed by atoms with Crippen molar-refractivity contribution in [3.05, 3.63) is 35.0 Å². The summed E-state index contributed by atoms with van der Waals surface area (Å²) in [5, 5.41) is 7.94. The first-order chi connectivity index (χ1) is 9.28. The Balaban J connectivity index is 2.28. The van der Waals surface area contributed by atoms with Gasteiger partial charge in [-0.1, -0.05) is 0 Å². The first-order valence-electron chi connectivity index (χ1n) is 6.87. The molecule has 0 saturated carbocycles. The largest absolute Gasteiger partial charge is 0.306 e. The molecule has 0 aliphatic rings. The Morgan fingerprint density at radius 3 is 2.40 bits per heavy atom. The normalized spacial score (nSPS) is 11.9. The van der Waals surface area contributed by atoms with E-state index in [-0.39, 0.29) is 5.54 Å². The maximum atomic E-state index is 4.64. The predicted molar refractivity (Wildman–Crippen MR) is 80.0 cm³/mol. The molecule has 5 heteroatoms. The van der Waals surface area contributed by atoms with Gasteiger partial charge in [-0.15, -0.1) is 0 Å². The van der Waals surface area contributed by atoms with E-state index in [1.807, 2.05) is 11.6 Å². The van der Waals surface area contributed by atoms with Gasteiger partial charge in [-0.3, -0.25) is 4.98 Å². The first kappa shape index (κ1) is 14.7. The molecule has 0 bridgehead atoms. The third-order valence-electron chi connectivity index (χ3n) is 3.34. The summed E-state index contributed by atoms with van der Waals surface area (Å²) in [5.41, 5.74) is 4.32. The monoisotopic (exact) mass is 273 g/mol. The molecule has 0 aromatic carbocycles. The quantitative estimate of drug-likeness (QED) is 0.933. The van der Waals surface area contributed by atoms with Crippen LogP contribution in [0.1, 0.15) is 43.4 Å². The van der Waals surface area contributed by atoms with E-state index in [0.717, 1.165) is 22.9 Å². The summed E-state index contributed by atoms with van der Waals surface area (Å²) in [5.74, 6) is 0.770. The number of rotatable bonds is 3. The molecule has 0 unspecified atom stereocenters. The topological polar surface area (TPSA) is 55.6 Å². The van der Waals surface area contributed by atoms with Crippen molar-refractivity contribution in [1.82, 2.24) is 25.1 Å². The zero-order chi connectivity index (χ0) is 14.9. The highest BCUT2D eigenvalue weighted by molar-refractivity contribution is 5.30. The van der Waals surface area contributed by atoms with Crippen LogP contribution in [0.15, 0.2) is 12.4 Å². The summed E-state index contributed by atoms with van der Waals surface area (Å²) in [6, 6.07) is 0. The van der Waals surface area contributed by atoms with Crippen LogP contribution < -0.4 is 5.32 Å². The zero-order valence-corrected chi connectivity index (χ0v) is 13.2. The molecule has 2 aromatic heterocycles. The SMILES string of the molecule is Cc1nn(-c2cncc(CNC(C)(C)C)n2)c(C)c1C. The molecule has 0 amide bonds. The molecular formula is C15H23N5. The highest BCUT2D eigenvalue weighted by Gasteiger charge is 2.12. The van der Waals surface area contributed by atoms with Crippen LogP contribution in [-0.4, -0.2) is 25.3 Å². The van der Waals surface area contributed by atoms with E-state index < -0.39 is 0 Å². The summed E-state index contributed by atoms with van der Waals surface area (Å²) in [6.45, 7) is 13.2. The maximum absolute atomic E-state index is 4.64. The fourth-order valence-corrected chi connectivity index (χ4v) is 1.88. The number of hydrogen-bond donors (Lipinski definition) is 1. The van der Waals surface area contributed by atoms with Crippen LogP contribution in [0, 0.1) is 20.8 Å². The molecule has 0 atom stereocenters. The molecule has 108 valence electrons. The number of nitrogens with one attached hydrogen (secondary N) is 1. The number of nitrogens with zero attached hydrogens (tertiary/aromatic N) is 4. The highest BCUT2D eigenvalue weighted by atomic mass is 15.3. The number of aryl methyl sites for hydroxylation is 1. The van der Waals surface area contributed by atoms with Crippen LogP contribution in [0.4, 0.5) is 0 Å². The molecule has 20 heavy (non-hydrogen) atoms. The predicted octanol–water partition coefficient (Wildman–Crippen LogP) is 2.48. The lowest BCUT2D eigenvalue weighted by Gasteiger charge is -2.20. The van der Waals surface area contributed by atoms with Crippen molar-refractivity contribution in [3.63, 3.8) is 0 Å². The smallest absolute Gasteiger partial charge is 0.172 e. The minimum atomic E-state index is 0.0620. The van der Waals surface area contributed by atoms with Crippen molar-refractivity contribution in [2.75, 3.05) is 0 Å². The molecule has 5 nitrogen and oxygen atoms in total. The van der Waals surface area contributed by atoms with Gasteiger partial charge in [-0.25, -0.2) is 9.67 Å². The molecule has 0 radical (unpaired) electrons. The highest BCUT2D eigenvalue weighted by Crippen LogP contribution is 2.15. The standard InChI is InChI=1S/C15H23N5/c1-10-11(2)19-20(12(10)3)14-9-16-7-13(18-14)8-17-15(4,5)6/h7,9,17H,8H2,1-6H3. The van der Waals surface area contributed by atoms with Crippen molar-refractivity contribution in [1.29, 1.82) is 0 Å². The van der Waals surface area contributed by atoms with E-state index in [2.05, 4.69) is 55.0 Å². The zero-order valence-electron chi connectivity index (χ0n) is 13.2. The molecule has 1 N–H and O–H groups in total. The van der Waals surface area contributed by atoms with Gasteiger partial charge in [-0.05, 0) is 47.1 Å². The number of aromatic nitrogens is 4. The van der Waals surface area contributed by atoms with Gasteiger partial charge in [0.2, 0.25) is 0 Å². The molecule has 0 spiro atoms. The second-order valence-electron chi connectivity index (χ2n) is 6.18. The lowest BCUT2D eigenvalue weighted by molar-refractivity contribution is 0.420. The van der Waals surface area contributed by atoms with Gasteiger partial charge < -0.3 is 5.32 Å². The van der Waals surface area contributed by atoms with Gasteiger partial charge in [0.15, 0.2) is 5.82 Å². The minimum Gasteiger partial charge on any atom is -0.306 e. The minimum absolute atomic E-state index is 0.0620. The average molecular weight is 273 g/mol. The van der Waals surface area contributed by atoms with Crippen molar-refractivity contribution >= 4 is 0 Å². The van der Waals surface area contributed by atoms with Crippen molar-refractivity contribution in [2.45, 2.75) is 53.6 Å². The van der Waals surface area contributed by atoms with Gasteiger partial charge in [0.25, 0.3) is 0 Å². The summed E-state index contributed by atoms with van der Waals surface area (Å²) in [7, 11) is 0. The second kappa shape index (κ2) is 5.32. The van der Waals surface area contributed by atoms with E-state index in [1.165, 1.54) is 5.56 Å². The van der Waals surface area contributed by atoms with Crippen molar-refractivity contribution in [2.24, 2.45) is 0 Å². The van der Waals surface area contributed by atoms with Gasteiger partial charge in [-0.2, -0.15) is 5.10 Å². The summed E-state index contributed by atoms with van der Waals surface area (Å²) in [4.78, 5) is 8.92. The molecule has 0 aliphatic heterocycles. The third kappa shape index (κ3) is 3.22. The van der Waals surface area contributed by atoms with Crippen LogP contribution in [0.2, 0.25) is 0 Å². The van der Waals surface area contributed by atoms with Crippen LogP contribution in [0.25, 0.3) is 5.82 Å². The molecular weight excluding hydrogens is 250 g/mol. The Hall–Kier alpha value is -1.75. The van der Waals surface area contributed by atoms with E-state index in [4.69, 9.17) is 0 Å². The van der Waals surface area contributed by atoms with Crippen molar-refractivity contribution < 1.29 is 0 Å². The Labute approximate surface area is 120 Å². The number of hydrogen-bond acceptors (Lipinski definition) is 4. The van der Waals surface area contributed by atoms with E-state index in [9.17, 15) is 0 Å². The summed E-state index contributed by atoms with van der Waals surface area (Å²) < 4.78 is 1.86. The average Bonchev–Trinajstić information content (AvgIpc) is 2.64. The van der Waals surface area contributed by atoms with Gasteiger partial charge in [0, 0.05) is 24.0 Å². The Morgan fingerprint density at radius 1 is 1.15 bits per heavy atom. The van der Waals surface area contributed by atoms with Crippen LogP contribution in [-0.2, 0) is 6.54 Å². The first-order valence-corrected chi connectivity index (χ1v) is 6.87. The Morgan fingerprint density at radius 2 is 1.85 bits per heavy atom. The van der Waals surface area contributed by atoms with E-state index >= 15 is 0 Å². The van der Waals surface area contributed by atoms with Gasteiger partial charge >= 0.3 is 0 Å². The van der Waals surface area contributed by atoms with E-state index in [0.29, 0.717) is 6.54 Å². The molecule has 2 rings (SSSR count). The molecule has 2 aromatic rings. The fraction of sp³-hybridized carbons (Fsp3) is 0.533. The van der Waals surface area contributed by atoms with Crippen LogP contribution in [0.5, 0.6) is 0 Å². The Bertz CT molecular complexity index is 607. The lowest BCUT2D eigenvalue weighted by atomic mass is 10.1. The molecule has 2 heterocycles. The fourth-order valence-electron chi connectivity index (χ4n) is 1.88. The molecule has 0 aliphatic carbocycles. The summed E-state index contributed by atoms with van der Waals surface area (Å²) >= 11 is 0.